The maximum atomic E-state index is 15.1. The van der Waals surface area contributed by atoms with Gasteiger partial charge in [0.15, 0.2) is 0 Å². The van der Waals surface area contributed by atoms with Gasteiger partial charge in [-0.2, -0.15) is 13.2 Å². The molecule has 32 heavy (non-hydrogen) atoms. The van der Waals surface area contributed by atoms with Crippen molar-refractivity contribution in [1.82, 2.24) is 0 Å². The normalized spacial score (nSPS) is 19.4. The summed E-state index contributed by atoms with van der Waals surface area (Å²) in [5, 5.41) is 0. The minimum absolute atomic E-state index is 0.0357. The number of benzene rings is 2. The van der Waals surface area contributed by atoms with Crippen molar-refractivity contribution in [2.45, 2.75) is 57.7 Å². The molecule has 2 unspecified atom stereocenters. The number of rotatable bonds is 8. The van der Waals surface area contributed by atoms with Crippen LogP contribution in [-0.4, -0.2) is 12.7 Å². The Balaban J connectivity index is 1.79. The minimum Gasteiger partial charge on any atom is -0.374 e. The molecule has 1 heterocycles. The van der Waals surface area contributed by atoms with E-state index in [2.05, 4.69) is 6.58 Å². The lowest BCUT2D eigenvalue weighted by Gasteiger charge is -2.27. The highest BCUT2D eigenvalue weighted by Crippen LogP contribution is 2.40. The number of allylic oxidation sites excluding steroid dienone is 2. The van der Waals surface area contributed by atoms with Crippen molar-refractivity contribution in [3.05, 3.63) is 83.7 Å². The molecule has 1 aliphatic rings. The molecule has 2 aromatic carbocycles. The van der Waals surface area contributed by atoms with Crippen LogP contribution in [0.1, 0.15) is 49.3 Å². The Hall–Kier alpha value is -2.40. The second kappa shape index (κ2) is 11.0. The van der Waals surface area contributed by atoms with Gasteiger partial charge in [0.05, 0.1) is 18.3 Å². The van der Waals surface area contributed by atoms with Crippen molar-refractivity contribution < 1.29 is 22.3 Å². The molecule has 2 atom stereocenters. The molecule has 2 aromatic rings. The maximum absolute atomic E-state index is 15.1. The molecule has 0 aromatic heterocycles. The molecule has 172 valence electrons. The first-order chi connectivity index (χ1) is 15.3. The average Bonchev–Trinajstić information content (AvgIpc) is 2.78. The highest BCUT2D eigenvalue weighted by Gasteiger charge is 2.38. The second-order valence-corrected chi connectivity index (χ2v) is 8.35. The smallest absolute Gasteiger partial charge is 0.374 e. The van der Waals surface area contributed by atoms with Crippen molar-refractivity contribution in [2.75, 3.05) is 6.61 Å². The van der Waals surface area contributed by atoms with Gasteiger partial charge in [-0.05, 0) is 73.6 Å². The van der Waals surface area contributed by atoms with Gasteiger partial charge in [0.1, 0.15) is 5.82 Å². The molecular formula is C27H30F4O. The maximum Gasteiger partial charge on any atom is 0.419 e. The van der Waals surface area contributed by atoms with Gasteiger partial charge in [0, 0.05) is 0 Å². The molecule has 0 bridgehead atoms. The molecule has 0 spiro atoms. The summed E-state index contributed by atoms with van der Waals surface area (Å²) in [6.45, 7) is 6.19. The predicted octanol–water partition coefficient (Wildman–Crippen LogP) is 7.93. The van der Waals surface area contributed by atoms with Crippen LogP contribution in [0.5, 0.6) is 0 Å². The molecule has 1 fully saturated rings. The van der Waals surface area contributed by atoms with Gasteiger partial charge in [-0.3, -0.25) is 0 Å². The van der Waals surface area contributed by atoms with E-state index in [1.54, 1.807) is 18.2 Å². The van der Waals surface area contributed by atoms with E-state index in [0.717, 1.165) is 31.2 Å². The largest absolute Gasteiger partial charge is 0.419 e. The summed E-state index contributed by atoms with van der Waals surface area (Å²) in [4.78, 5) is 0. The van der Waals surface area contributed by atoms with Gasteiger partial charge in [-0.1, -0.05) is 54.6 Å². The molecule has 1 nitrogen and oxygen atoms in total. The van der Waals surface area contributed by atoms with Gasteiger partial charge in [0.2, 0.25) is 0 Å². The van der Waals surface area contributed by atoms with Crippen LogP contribution in [0.15, 0.2) is 61.2 Å². The van der Waals surface area contributed by atoms with Crippen LogP contribution < -0.4 is 0 Å². The molecule has 0 aliphatic carbocycles. The van der Waals surface area contributed by atoms with Gasteiger partial charge >= 0.3 is 6.18 Å². The van der Waals surface area contributed by atoms with Crippen molar-refractivity contribution in [1.29, 1.82) is 0 Å². The van der Waals surface area contributed by atoms with Gasteiger partial charge < -0.3 is 4.74 Å². The second-order valence-electron chi connectivity index (χ2n) is 8.35. The van der Waals surface area contributed by atoms with Crippen molar-refractivity contribution in [3.8, 4) is 11.1 Å². The van der Waals surface area contributed by atoms with E-state index in [1.165, 1.54) is 12.1 Å². The fraction of sp³-hybridized carbons (Fsp3) is 0.407. The monoisotopic (exact) mass is 446 g/mol. The quantitative estimate of drug-likeness (QED) is 0.295. The average molecular weight is 447 g/mol. The highest BCUT2D eigenvalue weighted by molar-refractivity contribution is 5.69. The van der Waals surface area contributed by atoms with E-state index >= 15 is 4.39 Å². The molecule has 0 radical (unpaired) electrons. The molecule has 5 heteroatoms. The van der Waals surface area contributed by atoms with E-state index in [0.29, 0.717) is 18.6 Å². The van der Waals surface area contributed by atoms with Crippen molar-refractivity contribution in [3.63, 3.8) is 0 Å². The Bertz CT molecular complexity index is 920. The van der Waals surface area contributed by atoms with Crippen LogP contribution in [0.4, 0.5) is 17.6 Å². The molecule has 0 N–H and O–H groups in total. The van der Waals surface area contributed by atoms with Gasteiger partial charge in [-0.15, -0.1) is 6.58 Å². The number of alkyl halides is 3. The first-order valence-electron chi connectivity index (χ1n) is 11.2. The Labute approximate surface area is 187 Å². The Kier molecular flexibility index (Phi) is 8.30. The zero-order chi connectivity index (χ0) is 23.1. The summed E-state index contributed by atoms with van der Waals surface area (Å²) in [6, 6.07) is 9.81. The summed E-state index contributed by atoms with van der Waals surface area (Å²) < 4.78 is 62.3. The van der Waals surface area contributed by atoms with Crippen LogP contribution in [-0.2, 0) is 23.8 Å². The zero-order valence-corrected chi connectivity index (χ0v) is 18.4. The molecule has 0 saturated carbocycles. The van der Waals surface area contributed by atoms with Crippen LogP contribution in [0, 0.1) is 11.7 Å². The summed E-state index contributed by atoms with van der Waals surface area (Å²) in [7, 11) is 0. The number of hydrogen-bond acceptors (Lipinski definition) is 1. The van der Waals surface area contributed by atoms with Crippen LogP contribution in [0.2, 0.25) is 0 Å². The minimum atomic E-state index is -4.77. The lowest BCUT2D eigenvalue weighted by atomic mass is 9.90. The van der Waals surface area contributed by atoms with E-state index in [4.69, 9.17) is 4.74 Å². The van der Waals surface area contributed by atoms with Crippen LogP contribution >= 0.6 is 0 Å². The summed E-state index contributed by atoms with van der Waals surface area (Å²) in [5.74, 6) is -0.942. The van der Waals surface area contributed by atoms with E-state index in [1.807, 2.05) is 31.2 Å². The number of ether oxygens (including phenoxy) is 1. The molecular weight excluding hydrogens is 416 g/mol. The van der Waals surface area contributed by atoms with Crippen molar-refractivity contribution >= 4 is 0 Å². The number of halogens is 4. The van der Waals surface area contributed by atoms with Crippen LogP contribution in [0.3, 0.4) is 0 Å². The highest BCUT2D eigenvalue weighted by atomic mass is 19.4. The third-order valence-corrected chi connectivity index (χ3v) is 6.10. The first kappa shape index (κ1) is 24.2. The molecule has 0 amide bonds. The fourth-order valence-electron chi connectivity index (χ4n) is 4.20. The van der Waals surface area contributed by atoms with Gasteiger partial charge in [0.25, 0.3) is 0 Å². The summed E-state index contributed by atoms with van der Waals surface area (Å²) in [6.07, 6.45) is 5.31. The van der Waals surface area contributed by atoms with E-state index < -0.39 is 17.6 Å². The predicted molar refractivity (Wildman–Crippen MR) is 121 cm³/mol. The first-order valence-corrected chi connectivity index (χ1v) is 11.2. The third-order valence-electron chi connectivity index (χ3n) is 6.10. The summed E-state index contributed by atoms with van der Waals surface area (Å²) in [5.41, 5.74) is 0.214. The Morgan fingerprint density at radius 3 is 2.41 bits per heavy atom. The van der Waals surface area contributed by atoms with Crippen LogP contribution in [0.25, 0.3) is 11.1 Å². The Morgan fingerprint density at radius 1 is 1.06 bits per heavy atom. The lowest BCUT2D eigenvalue weighted by Crippen LogP contribution is -2.24. The molecule has 1 saturated heterocycles. The number of aryl methyl sites for hydroxylation is 2. The summed E-state index contributed by atoms with van der Waals surface area (Å²) >= 11 is 0. The third kappa shape index (κ3) is 6.10. The van der Waals surface area contributed by atoms with Gasteiger partial charge in [-0.25, -0.2) is 4.39 Å². The standard InChI is InChI=1S/C27H30F4O/c1-3-5-6-7-19-8-12-21(13-9-19)24-17-15-22(26(28)25(24)27(29,30)31)14-10-20-11-16-23(4-2)32-18-20/h3-5,8-9,12-13,15,17,20,23H,2,6-7,10-11,14,16,18H2,1H3. The SMILES string of the molecule is C=CC1CCC(CCc2ccc(-c3ccc(CCC=CC)cc3)c(C(F)(F)F)c2F)CO1. The lowest BCUT2D eigenvalue weighted by molar-refractivity contribution is -0.139. The molecule has 1 aliphatic heterocycles. The van der Waals surface area contributed by atoms with E-state index in [-0.39, 0.29) is 29.6 Å². The molecule has 3 rings (SSSR count). The zero-order valence-electron chi connectivity index (χ0n) is 18.4. The Morgan fingerprint density at radius 2 is 1.81 bits per heavy atom. The fourth-order valence-corrected chi connectivity index (χ4v) is 4.20. The van der Waals surface area contributed by atoms with E-state index in [9.17, 15) is 13.2 Å². The number of hydrogen-bond donors (Lipinski definition) is 0. The van der Waals surface area contributed by atoms with Crippen molar-refractivity contribution in [2.24, 2.45) is 5.92 Å². The topological polar surface area (TPSA) is 9.23 Å².